The highest BCUT2D eigenvalue weighted by Crippen LogP contribution is 2.26. The Hall–Kier alpha value is -2.49. The first-order valence-corrected chi connectivity index (χ1v) is 7.66. The molecule has 1 atom stereocenters. The minimum Gasteiger partial charge on any atom is -0.477 e. The Labute approximate surface area is 134 Å². The molecular formula is C14H15N3O5S. The Bertz CT molecular complexity index is 754. The van der Waals surface area contributed by atoms with Crippen LogP contribution in [0.15, 0.2) is 36.5 Å². The van der Waals surface area contributed by atoms with Crippen molar-refractivity contribution in [3.8, 4) is 11.1 Å². The van der Waals surface area contributed by atoms with Crippen LogP contribution in [0.3, 0.4) is 0 Å². The zero-order valence-electron chi connectivity index (χ0n) is 11.9. The van der Waals surface area contributed by atoms with Gasteiger partial charge in [0.1, 0.15) is 5.69 Å². The van der Waals surface area contributed by atoms with E-state index in [1.807, 2.05) is 0 Å². The van der Waals surface area contributed by atoms with E-state index in [-0.39, 0.29) is 17.2 Å². The van der Waals surface area contributed by atoms with Gasteiger partial charge in [0.2, 0.25) is 0 Å². The SMILES string of the molecule is NCCNC(=O)c1ccc(-c2ccn(S(=O)O)c2C(=O)O)cc1. The number of rotatable bonds is 6. The number of hydrogen-bond acceptors (Lipinski definition) is 4. The number of aromatic carboxylic acids is 1. The molecule has 0 saturated carbocycles. The van der Waals surface area contributed by atoms with E-state index in [0.717, 1.165) is 3.97 Å². The van der Waals surface area contributed by atoms with E-state index < -0.39 is 17.2 Å². The van der Waals surface area contributed by atoms with E-state index in [9.17, 15) is 18.9 Å². The van der Waals surface area contributed by atoms with Crippen molar-refractivity contribution in [1.29, 1.82) is 0 Å². The van der Waals surface area contributed by atoms with Crippen molar-refractivity contribution in [3.05, 3.63) is 47.8 Å². The third-order valence-corrected chi connectivity index (χ3v) is 3.75. The number of carbonyl (C=O) groups is 2. The lowest BCUT2D eigenvalue weighted by atomic mass is 10.0. The van der Waals surface area contributed by atoms with Crippen molar-refractivity contribution in [2.45, 2.75) is 0 Å². The molecular weight excluding hydrogens is 322 g/mol. The van der Waals surface area contributed by atoms with Crippen LogP contribution in [0, 0.1) is 0 Å². The van der Waals surface area contributed by atoms with Gasteiger partial charge in [0, 0.05) is 30.4 Å². The second kappa shape index (κ2) is 7.18. The summed E-state index contributed by atoms with van der Waals surface area (Å²) in [5.41, 5.74) is 6.22. The number of nitrogens with two attached hydrogens (primary N) is 1. The van der Waals surface area contributed by atoms with Gasteiger partial charge >= 0.3 is 5.97 Å². The van der Waals surface area contributed by atoms with Crippen LogP contribution in [-0.2, 0) is 11.3 Å². The maximum absolute atomic E-state index is 11.8. The highest BCUT2D eigenvalue weighted by atomic mass is 32.2. The largest absolute Gasteiger partial charge is 0.477 e. The molecule has 0 aliphatic rings. The van der Waals surface area contributed by atoms with E-state index in [1.54, 1.807) is 24.3 Å². The van der Waals surface area contributed by atoms with Crippen molar-refractivity contribution in [2.24, 2.45) is 5.73 Å². The Kier molecular flexibility index (Phi) is 5.27. The van der Waals surface area contributed by atoms with Gasteiger partial charge in [-0.3, -0.25) is 9.35 Å². The standard InChI is InChI=1S/C14H15N3O5S/c15-6-7-16-13(18)10-3-1-9(2-4-10)11-5-8-17(23(21)22)12(11)14(19)20/h1-5,8H,6-7,15H2,(H,16,18)(H,19,20)(H,21,22). The number of aromatic nitrogens is 1. The van der Waals surface area contributed by atoms with Crippen LogP contribution in [0.25, 0.3) is 11.1 Å². The second-order valence-electron chi connectivity index (χ2n) is 4.56. The Morgan fingerprint density at radius 3 is 2.39 bits per heavy atom. The van der Waals surface area contributed by atoms with Gasteiger partial charge in [-0.1, -0.05) is 12.1 Å². The third-order valence-electron chi connectivity index (χ3n) is 3.11. The smallest absolute Gasteiger partial charge is 0.354 e. The van der Waals surface area contributed by atoms with E-state index >= 15 is 0 Å². The van der Waals surface area contributed by atoms with Crippen molar-refractivity contribution >= 4 is 23.1 Å². The van der Waals surface area contributed by atoms with Gasteiger partial charge in [0.25, 0.3) is 17.2 Å². The molecule has 0 aliphatic heterocycles. The van der Waals surface area contributed by atoms with Crippen LogP contribution in [0.1, 0.15) is 20.8 Å². The summed E-state index contributed by atoms with van der Waals surface area (Å²) in [6.45, 7) is 0.687. The van der Waals surface area contributed by atoms with Crippen LogP contribution < -0.4 is 11.1 Å². The molecule has 8 nitrogen and oxygen atoms in total. The lowest BCUT2D eigenvalue weighted by Gasteiger charge is -2.06. The molecule has 1 amide bonds. The predicted octanol–water partition coefficient (Wildman–Crippen LogP) is 0.527. The molecule has 2 aromatic rings. The van der Waals surface area contributed by atoms with Crippen LogP contribution >= 0.6 is 0 Å². The molecule has 1 unspecified atom stereocenters. The topological polar surface area (TPSA) is 135 Å². The molecule has 5 N–H and O–H groups in total. The minimum absolute atomic E-state index is 0.283. The summed E-state index contributed by atoms with van der Waals surface area (Å²) < 4.78 is 21.0. The van der Waals surface area contributed by atoms with Crippen molar-refractivity contribution in [2.75, 3.05) is 13.1 Å². The van der Waals surface area contributed by atoms with Crippen LogP contribution in [0.4, 0.5) is 0 Å². The first-order valence-electron chi connectivity index (χ1n) is 6.60. The minimum atomic E-state index is -2.47. The molecule has 0 bridgehead atoms. The lowest BCUT2D eigenvalue weighted by Crippen LogP contribution is -2.28. The molecule has 1 aromatic carbocycles. The van der Waals surface area contributed by atoms with Crippen LogP contribution in [0.2, 0.25) is 0 Å². The molecule has 1 heterocycles. The number of carboxylic acid groups (broad SMARTS) is 1. The molecule has 0 radical (unpaired) electrons. The molecule has 1 aromatic heterocycles. The summed E-state index contributed by atoms with van der Waals surface area (Å²) in [4.78, 5) is 23.1. The van der Waals surface area contributed by atoms with Crippen molar-refractivity contribution < 1.29 is 23.5 Å². The van der Waals surface area contributed by atoms with E-state index in [2.05, 4.69) is 5.32 Å². The van der Waals surface area contributed by atoms with E-state index in [4.69, 9.17) is 10.3 Å². The van der Waals surface area contributed by atoms with Gasteiger partial charge in [-0.15, -0.1) is 0 Å². The number of nitrogens with one attached hydrogen (secondary N) is 1. The average molecular weight is 337 g/mol. The second-order valence-corrected chi connectivity index (χ2v) is 5.42. The van der Waals surface area contributed by atoms with Crippen molar-refractivity contribution in [1.82, 2.24) is 9.29 Å². The Balaban J connectivity index is 2.35. The maximum Gasteiger partial charge on any atom is 0.354 e. The molecule has 122 valence electrons. The number of carbonyl (C=O) groups excluding carboxylic acids is 1. The fraction of sp³-hybridized carbons (Fsp3) is 0.143. The van der Waals surface area contributed by atoms with Gasteiger partial charge in [0.15, 0.2) is 0 Å². The molecule has 0 fully saturated rings. The summed E-state index contributed by atoms with van der Waals surface area (Å²) in [7, 11) is 0. The highest BCUT2D eigenvalue weighted by molar-refractivity contribution is 7.77. The summed E-state index contributed by atoms with van der Waals surface area (Å²) in [5, 5.41) is 11.9. The summed E-state index contributed by atoms with van der Waals surface area (Å²) in [6, 6.07) is 7.66. The molecule has 23 heavy (non-hydrogen) atoms. The normalized spacial score (nSPS) is 11.9. The number of benzene rings is 1. The molecule has 9 heteroatoms. The van der Waals surface area contributed by atoms with Gasteiger partial charge in [-0.25, -0.2) is 13.0 Å². The molecule has 0 spiro atoms. The zero-order valence-corrected chi connectivity index (χ0v) is 12.7. The molecule has 2 rings (SSSR count). The average Bonchev–Trinajstić information content (AvgIpc) is 2.98. The first-order chi connectivity index (χ1) is 11.0. The summed E-state index contributed by atoms with van der Waals surface area (Å²) in [5.74, 6) is -1.60. The number of carboxylic acids is 1. The van der Waals surface area contributed by atoms with Crippen LogP contribution in [0.5, 0.6) is 0 Å². The number of nitrogens with zero attached hydrogens (tertiary/aromatic N) is 1. The molecule has 0 saturated heterocycles. The number of hydrogen-bond donors (Lipinski definition) is 4. The predicted molar refractivity (Wildman–Crippen MR) is 84.4 cm³/mol. The van der Waals surface area contributed by atoms with Gasteiger partial charge in [-0.05, 0) is 23.8 Å². The van der Waals surface area contributed by atoms with Crippen LogP contribution in [-0.4, -0.2) is 42.8 Å². The van der Waals surface area contributed by atoms with Gasteiger partial charge in [0.05, 0.1) is 0 Å². The zero-order chi connectivity index (χ0) is 17.0. The Morgan fingerprint density at radius 1 is 1.22 bits per heavy atom. The van der Waals surface area contributed by atoms with Gasteiger partial charge < -0.3 is 16.2 Å². The van der Waals surface area contributed by atoms with Crippen molar-refractivity contribution in [3.63, 3.8) is 0 Å². The lowest BCUT2D eigenvalue weighted by molar-refractivity contribution is 0.0689. The number of amides is 1. The maximum atomic E-state index is 11.8. The van der Waals surface area contributed by atoms with E-state index in [0.29, 0.717) is 24.2 Å². The quantitative estimate of drug-likeness (QED) is 0.568. The molecule has 0 aliphatic carbocycles. The highest BCUT2D eigenvalue weighted by Gasteiger charge is 2.20. The first kappa shape index (κ1) is 16.9. The summed E-state index contributed by atoms with van der Waals surface area (Å²) in [6.07, 6.45) is 1.22. The van der Waals surface area contributed by atoms with Gasteiger partial charge in [-0.2, -0.15) is 0 Å². The third kappa shape index (κ3) is 3.65. The fourth-order valence-corrected chi connectivity index (χ4v) is 2.57. The summed E-state index contributed by atoms with van der Waals surface area (Å²) >= 11 is -2.47. The Morgan fingerprint density at radius 2 is 1.87 bits per heavy atom. The van der Waals surface area contributed by atoms with E-state index in [1.165, 1.54) is 12.3 Å². The monoisotopic (exact) mass is 337 g/mol. The fourth-order valence-electron chi connectivity index (χ4n) is 2.08.